The van der Waals surface area contributed by atoms with E-state index in [1.165, 1.54) is 26.4 Å². The van der Waals surface area contributed by atoms with Crippen LogP contribution in [0.4, 0.5) is 17.1 Å². The Bertz CT molecular complexity index is 974. The molecule has 0 radical (unpaired) electrons. The van der Waals surface area contributed by atoms with Gasteiger partial charge in [-0.1, -0.05) is 6.07 Å². The zero-order chi connectivity index (χ0) is 20.3. The summed E-state index contributed by atoms with van der Waals surface area (Å²) < 4.78 is 15.7. The minimum atomic E-state index is -0.638. The molecule has 10 heteroatoms. The van der Waals surface area contributed by atoms with Crippen LogP contribution in [0.3, 0.4) is 0 Å². The van der Waals surface area contributed by atoms with Gasteiger partial charge in [0.1, 0.15) is 17.2 Å². The molecule has 10 nitrogen and oxygen atoms in total. The van der Waals surface area contributed by atoms with Crippen molar-refractivity contribution in [3.05, 3.63) is 50.1 Å². The first-order chi connectivity index (χ1) is 13.6. The summed E-state index contributed by atoms with van der Waals surface area (Å²) in [5.74, 6) is -0.834. The van der Waals surface area contributed by atoms with Crippen LogP contribution in [0.2, 0.25) is 0 Å². The van der Waals surface area contributed by atoms with Crippen LogP contribution in [-0.2, 0) is 6.42 Å². The highest BCUT2D eigenvalue weighted by atomic mass is 16.5. The average molecular weight is 385 g/mol. The zero-order valence-electron chi connectivity index (χ0n) is 15.0. The summed E-state index contributed by atoms with van der Waals surface area (Å²) in [4.78, 5) is 46.3. The molecular formula is C18H15N3O7. The topological polar surface area (TPSA) is 133 Å². The van der Waals surface area contributed by atoms with Crippen LogP contribution in [0.25, 0.3) is 0 Å². The third-order valence-electron chi connectivity index (χ3n) is 4.47. The van der Waals surface area contributed by atoms with E-state index in [1.54, 1.807) is 12.1 Å². The Morgan fingerprint density at radius 2 is 1.79 bits per heavy atom. The minimum absolute atomic E-state index is 0.0185. The number of benzene rings is 2. The van der Waals surface area contributed by atoms with Gasteiger partial charge in [-0.25, -0.2) is 0 Å². The standard InChI is InChI=1S/C18H15N3O7/c1-26-13-4-3-9(6-11(13)19-23)5-10-8-28-14-7-12(20-24)18(27-2)16(21-25)15(14)17(10)22/h3-4,6-7,10H,5,8H2,1-2H3. The van der Waals surface area contributed by atoms with Crippen LogP contribution in [0, 0.1) is 20.6 Å². The molecule has 0 saturated carbocycles. The van der Waals surface area contributed by atoms with E-state index in [0.717, 1.165) is 0 Å². The Hall–Kier alpha value is -3.69. The number of carbonyl (C=O) groups excluding carboxylic acids is 1. The number of rotatable bonds is 7. The predicted octanol–water partition coefficient (Wildman–Crippen LogP) is 4.33. The van der Waals surface area contributed by atoms with E-state index < -0.39 is 5.92 Å². The monoisotopic (exact) mass is 385 g/mol. The molecular weight excluding hydrogens is 370 g/mol. The third kappa shape index (κ3) is 3.20. The molecule has 1 heterocycles. The lowest BCUT2D eigenvalue weighted by molar-refractivity contribution is 0.0831. The molecule has 2 aromatic rings. The summed E-state index contributed by atoms with van der Waals surface area (Å²) in [6, 6.07) is 6.05. The van der Waals surface area contributed by atoms with Crippen molar-refractivity contribution in [3.63, 3.8) is 0 Å². The van der Waals surface area contributed by atoms with Crippen molar-refractivity contribution in [3.8, 4) is 17.2 Å². The molecule has 0 spiro atoms. The van der Waals surface area contributed by atoms with Crippen molar-refractivity contribution in [2.45, 2.75) is 6.42 Å². The Labute approximate surface area is 158 Å². The molecule has 2 aromatic carbocycles. The predicted molar refractivity (Wildman–Crippen MR) is 99.4 cm³/mol. The van der Waals surface area contributed by atoms with Crippen molar-refractivity contribution in [1.82, 2.24) is 0 Å². The number of nitroso groups, excluding NO2 is 3. The first-order valence-corrected chi connectivity index (χ1v) is 8.16. The number of nitrogens with zero attached hydrogens (tertiary/aromatic N) is 3. The van der Waals surface area contributed by atoms with Gasteiger partial charge >= 0.3 is 0 Å². The first-order valence-electron chi connectivity index (χ1n) is 8.16. The van der Waals surface area contributed by atoms with Gasteiger partial charge in [0.25, 0.3) is 0 Å². The van der Waals surface area contributed by atoms with Gasteiger partial charge in [-0.15, -0.1) is 14.7 Å². The van der Waals surface area contributed by atoms with Crippen molar-refractivity contribution in [2.75, 3.05) is 20.8 Å². The maximum atomic E-state index is 13.0. The molecule has 1 unspecified atom stereocenters. The SMILES string of the molecule is COc1ccc(CC2COc3cc(N=O)c(OC)c(N=O)c3C2=O)cc1N=O. The van der Waals surface area contributed by atoms with Crippen LogP contribution >= 0.6 is 0 Å². The summed E-state index contributed by atoms with van der Waals surface area (Å²) in [5, 5.41) is 8.56. The number of carbonyl (C=O) groups is 1. The van der Waals surface area contributed by atoms with Crippen LogP contribution in [0.5, 0.6) is 17.2 Å². The highest BCUT2D eigenvalue weighted by molar-refractivity contribution is 6.07. The molecule has 144 valence electrons. The summed E-state index contributed by atoms with van der Waals surface area (Å²) >= 11 is 0. The summed E-state index contributed by atoms with van der Waals surface area (Å²) in [5.41, 5.74) is 0.216. The lowest BCUT2D eigenvalue weighted by Crippen LogP contribution is -2.29. The van der Waals surface area contributed by atoms with Gasteiger partial charge in [-0.3, -0.25) is 4.79 Å². The number of Topliss-reactive ketones (excluding diaryl/α,β-unsaturated/α-hetero) is 1. The molecule has 1 aliphatic heterocycles. The van der Waals surface area contributed by atoms with Gasteiger partial charge in [0, 0.05) is 6.07 Å². The molecule has 0 N–H and O–H groups in total. The van der Waals surface area contributed by atoms with Crippen LogP contribution in [0.1, 0.15) is 15.9 Å². The van der Waals surface area contributed by atoms with Gasteiger partial charge < -0.3 is 14.2 Å². The van der Waals surface area contributed by atoms with Gasteiger partial charge in [0.15, 0.2) is 22.9 Å². The normalized spacial score (nSPS) is 15.2. The second-order valence-corrected chi connectivity index (χ2v) is 6.01. The molecule has 3 rings (SSSR count). The van der Waals surface area contributed by atoms with Gasteiger partial charge in [0.05, 0.1) is 32.3 Å². The van der Waals surface area contributed by atoms with Crippen molar-refractivity contribution in [1.29, 1.82) is 0 Å². The van der Waals surface area contributed by atoms with E-state index in [2.05, 4.69) is 15.5 Å². The van der Waals surface area contributed by atoms with Crippen molar-refractivity contribution >= 4 is 22.8 Å². The number of ketones is 1. The number of hydrogen-bond acceptors (Lipinski definition) is 10. The molecule has 0 saturated heterocycles. The fourth-order valence-corrected chi connectivity index (χ4v) is 3.16. The highest BCUT2D eigenvalue weighted by Gasteiger charge is 2.35. The molecule has 0 fully saturated rings. The van der Waals surface area contributed by atoms with Gasteiger partial charge in [0.2, 0.25) is 0 Å². The minimum Gasteiger partial charge on any atom is -0.494 e. The zero-order valence-corrected chi connectivity index (χ0v) is 15.0. The fourth-order valence-electron chi connectivity index (χ4n) is 3.16. The molecule has 0 aromatic heterocycles. The van der Waals surface area contributed by atoms with E-state index in [1.807, 2.05) is 0 Å². The summed E-state index contributed by atoms with van der Waals surface area (Å²) in [6.45, 7) is 0.0185. The number of ether oxygens (including phenoxy) is 3. The second-order valence-electron chi connectivity index (χ2n) is 6.01. The number of fused-ring (bicyclic) bond motifs is 1. The van der Waals surface area contributed by atoms with E-state index >= 15 is 0 Å². The third-order valence-corrected chi connectivity index (χ3v) is 4.47. The van der Waals surface area contributed by atoms with E-state index in [9.17, 15) is 19.5 Å². The Morgan fingerprint density at radius 3 is 2.39 bits per heavy atom. The molecule has 1 atom stereocenters. The Balaban J connectivity index is 1.98. The summed E-state index contributed by atoms with van der Waals surface area (Å²) in [7, 11) is 2.66. The first kappa shape index (κ1) is 19.1. The number of hydrogen-bond donors (Lipinski definition) is 0. The van der Waals surface area contributed by atoms with Crippen molar-refractivity contribution < 1.29 is 19.0 Å². The van der Waals surface area contributed by atoms with E-state index in [4.69, 9.17) is 14.2 Å². The Kier molecular flexibility index (Phi) is 5.39. The largest absolute Gasteiger partial charge is 0.494 e. The van der Waals surface area contributed by atoms with Crippen molar-refractivity contribution in [2.24, 2.45) is 21.4 Å². The maximum absolute atomic E-state index is 13.0. The van der Waals surface area contributed by atoms with Crippen LogP contribution in [0.15, 0.2) is 39.8 Å². The maximum Gasteiger partial charge on any atom is 0.178 e. The Morgan fingerprint density at radius 1 is 1.04 bits per heavy atom. The molecule has 0 aliphatic carbocycles. The van der Waals surface area contributed by atoms with E-state index in [-0.39, 0.29) is 52.9 Å². The molecule has 0 amide bonds. The smallest absolute Gasteiger partial charge is 0.178 e. The second kappa shape index (κ2) is 7.91. The quantitative estimate of drug-likeness (QED) is 0.647. The molecule has 1 aliphatic rings. The van der Waals surface area contributed by atoms with Crippen LogP contribution in [-0.4, -0.2) is 26.6 Å². The molecule has 0 bridgehead atoms. The molecule has 28 heavy (non-hydrogen) atoms. The van der Waals surface area contributed by atoms with Crippen LogP contribution < -0.4 is 14.2 Å². The lowest BCUT2D eigenvalue weighted by Gasteiger charge is -2.25. The lowest BCUT2D eigenvalue weighted by atomic mass is 9.88. The average Bonchev–Trinajstić information content (AvgIpc) is 2.73. The number of methoxy groups -OCH3 is 2. The van der Waals surface area contributed by atoms with Gasteiger partial charge in [-0.2, -0.15) is 0 Å². The van der Waals surface area contributed by atoms with Gasteiger partial charge in [-0.05, 0) is 39.6 Å². The summed E-state index contributed by atoms with van der Waals surface area (Å²) in [6.07, 6.45) is 0.235. The van der Waals surface area contributed by atoms with E-state index in [0.29, 0.717) is 11.3 Å². The fraction of sp³-hybridized carbons (Fsp3) is 0.278. The highest BCUT2D eigenvalue weighted by Crippen LogP contribution is 2.47.